The highest BCUT2D eigenvalue weighted by Crippen LogP contribution is 2.58. The lowest BCUT2D eigenvalue weighted by atomic mass is 9.89. The molecule has 3 N–H and O–H groups in total. The smallest absolute Gasteiger partial charge is 0.452 e. The number of aliphatic carboxylic acids is 1. The molecule has 0 spiro atoms. The van der Waals surface area contributed by atoms with Gasteiger partial charge in [0.1, 0.15) is 4.90 Å². The summed E-state index contributed by atoms with van der Waals surface area (Å²) in [7, 11) is -3.56. The van der Waals surface area contributed by atoms with Gasteiger partial charge in [0.05, 0.1) is 23.7 Å². The molecule has 4 aromatic heterocycles. The van der Waals surface area contributed by atoms with Crippen molar-refractivity contribution in [3.8, 4) is 0 Å². The summed E-state index contributed by atoms with van der Waals surface area (Å²) in [5.41, 5.74) is 2.37. The fourth-order valence-corrected chi connectivity index (χ4v) is 8.14. The van der Waals surface area contributed by atoms with Crippen molar-refractivity contribution in [3.05, 3.63) is 75.6 Å². The number of carboxylic acid groups (broad SMARTS) is 1. The molecule has 0 amide bonds. The predicted octanol–water partition coefficient (Wildman–Crippen LogP) is 6.31. The number of aromatic nitrogens is 5. The van der Waals surface area contributed by atoms with Gasteiger partial charge < -0.3 is 10.0 Å². The Hall–Kier alpha value is -3.50. The van der Waals surface area contributed by atoms with Crippen molar-refractivity contribution in [1.29, 1.82) is 0 Å². The molecule has 16 heteroatoms. The normalized spacial score (nSPS) is 19.9. The van der Waals surface area contributed by atoms with E-state index < -0.39 is 34.7 Å². The first-order valence-electron chi connectivity index (χ1n) is 14.3. The largest absolute Gasteiger partial charge is 0.481 e. The first-order chi connectivity index (χ1) is 21.3. The second-order valence-electron chi connectivity index (χ2n) is 11.4. The van der Waals surface area contributed by atoms with Crippen LogP contribution in [0.1, 0.15) is 65.5 Å². The molecule has 2 atom stereocenters. The van der Waals surface area contributed by atoms with Gasteiger partial charge in [-0.05, 0) is 68.0 Å². The summed E-state index contributed by atoms with van der Waals surface area (Å²) in [5, 5.41) is 17.2. The second kappa shape index (κ2) is 11.7. The van der Waals surface area contributed by atoms with E-state index in [4.69, 9.17) is 16.6 Å². The lowest BCUT2D eigenvalue weighted by Gasteiger charge is -2.42. The van der Waals surface area contributed by atoms with Crippen molar-refractivity contribution in [2.75, 3.05) is 18.0 Å². The molecule has 2 aliphatic heterocycles. The van der Waals surface area contributed by atoms with Gasteiger partial charge in [-0.2, -0.15) is 17.5 Å². The number of rotatable bonds is 6. The summed E-state index contributed by atoms with van der Waals surface area (Å²) in [6, 6.07) is 6.41. The molecule has 0 radical (unpaired) electrons. The maximum Gasteiger partial charge on any atom is 0.452 e. The second-order valence-corrected chi connectivity index (χ2v) is 13.9. The van der Waals surface area contributed by atoms with Crippen molar-refractivity contribution in [1.82, 2.24) is 28.9 Å². The zero-order chi connectivity index (χ0) is 32.3. The minimum Gasteiger partial charge on any atom is -0.481 e. The molecule has 6 rings (SSSR count). The summed E-state index contributed by atoms with van der Waals surface area (Å²) in [5.74, 6) is -2.64. The number of alkyl halides is 3. The monoisotopic (exact) mass is 665 g/mol. The molecule has 0 aromatic carbocycles. The Labute approximate surface area is 263 Å². The molecule has 6 heterocycles. The Morgan fingerprint density at radius 2 is 1.96 bits per heavy atom. The Kier molecular flexibility index (Phi) is 8.18. The zero-order valence-electron chi connectivity index (χ0n) is 24.4. The Morgan fingerprint density at radius 1 is 1.18 bits per heavy atom. The number of pyridine rings is 3. The van der Waals surface area contributed by atoms with E-state index in [2.05, 4.69) is 20.1 Å². The van der Waals surface area contributed by atoms with E-state index in [-0.39, 0.29) is 34.6 Å². The molecule has 1 fully saturated rings. The van der Waals surface area contributed by atoms with E-state index in [9.17, 15) is 32.2 Å². The maximum absolute atomic E-state index is 13.5. The predicted molar refractivity (Wildman–Crippen MR) is 162 cm³/mol. The first-order valence-corrected chi connectivity index (χ1v) is 16.2. The summed E-state index contributed by atoms with van der Waals surface area (Å²) >= 11 is 6.26. The molecule has 2 unspecified atom stereocenters. The van der Waals surface area contributed by atoms with Crippen molar-refractivity contribution < 1.29 is 32.2 Å². The maximum atomic E-state index is 13.5. The zero-order valence-corrected chi connectivity index (χ0v) is 25.9. The van der Waals surface area contributed by atoms with Crippen LogP contribution in [0, 0.1) is 13.8 Å². The molecule has 0 aliphatic carbocycles. The topological polar surface area (TPSA) is 140 Å². The molecule has 4 aromatic rings. The van der Waals surface area contributed by atoms with E-state index in [0.717, 1.165) is 35.8 Å². The van der Waals surface area contributed by atoms with Crippen LogP contribution < -0.4 is 4.90 Å². The van der Waals surface area contributed by atoms with Crippen LogP contribution in [0.15, 0.2) is 41.6 Å². The number of fused-ring (bicyclic) bond motifs is 4. The molecule has 240 valence electrons. The van der Waals surface area contributed by atoms with Crippen LogP contribution in [0.25, 0.3) is 5.65 Å². The Balaban J connectivity index is 1.40. The van der Waals surface area contributed by atoms with Crippen molar-refractivity contribution in [2.45, 2.75) is 69.1 Å². The van der Waals surface area contributed by atoms with Crippen LogP contribution in [0.5, 0.6) is 0 Å². The van der Waals surface area contributed by atoms with Gasteiger partial charge in [0.2, 0.25) is 5.82 Å². The number of carboxylic acids is 1. The number of anilines is 1. The van der Waals surface area contributed by atoms with E-state index in [1.54, 1.807) is 23.4 Å². The number of hydrogen-bond acceptors (Lipinski definition) is 9. The highest BCUT2D eigenvalue weighted by atomic mass is 35.5. The van der Waals surface area contributed by atoms with E-state index in [0.29, 0.717) is 34.9 Å². The van der Waals surface area contributed by atoms with Gasteiger partial charge >= 0.3 is 12.1 Å². The van der Waals surface area contributed by atoms with Crippen molar-refractivity contribution >= 4 is 39.8 Å². The third kappa shape index (κ3) is 5.83. The van der Waals surface area contributed by atoms with Gasteiger partial charge in [-0.1, -0.05) is 17.7 Å². The van der Waals surface area contributed by atoms with Crippen molar-refractivity contribution in [3.63, 3.8) is 0 Å². The van der Waals surface area contributed by atoms with Crippen LogP contribution in [-0.4, -0.2) is 68.2 Å². The van der Waals surface area contributed by atoms with Crippen molar-refractivity contribution in [2.24, 2.45) is 0 Å². The SMILES string of the molecule is Cc1ccc(C(CC(=O)O)c2ccn3c(C(F)(F)F)nnc3c2C)nc1CN1CC2CCCCN2c2ncc(Cl)cc2S1(O)O. The summed E-state index contributed by atoms with van der Waals surface area (Å²) < 4.78 is 66.2. The van der Waals surface area contributed by atoms with Gasteiger partial charge in [0, 0.05) is 43.1 Å². The van der Waals surface area contributed by atoms with Crippen LogP contribution in [0.4, 0.5) is 19.0 Å². The lowest BCUT2D eigenvalue weighted by Crippen LogP contribution is -2.45. The van der Waals surface area contributed by atoms with Crippen LogP contribution >= 0.6 is 22.4 Å². The number of hydrogen-bond donors (Lipinski definition) is 3. The molecule has 1 saturated heterocycles. The number of halogens is 4. The highest BCUT2D eigenvalue weighted by Gasteiger charge is 2.40. The standard InChI is InChI=1S/C29H31ClF3N7O4S/c1-16-6-7-22(21(12-25(41)42)20-8-10-40-26(17(20)2)36-37-28(40)29(31,32)33)35-23(16)15-38-14-19-5-3-4-9-39(19)27-24(45(38,43)44)11-18(30)13-34-27/h6-8,10-11,13,19,21,43-44H,3-5,9,12,14-15H2,1-2H3,(H,41,42). The highest BCUT2D eigenvalue weighted by molar-refractivity contribution is 8.22. The average Bonchev–Trinajstić information content (AvgIpc) is 3.40. The minimum absolute atomic E-state index is 0.0257. The molecule has 45 heavy (non-hydrogen) atoms. The third-order valence-electron chi connectivity index (χ3n) is 8.55. The Bertz CT molecular complexity index is 1790. The fraction of sp³-hybridized carbons (Fsp3) is 0.414. The molecule has 2 aliphatic rings. The number of piperidine rings is 1. The lowest BCUT2D eigenvalue weighted by molar-refractivity contribution is -0.145. The molecule has 0 saturated carbocycles. The quantitative estimate of drug-likeness (QED) is 0.214. The van der Waals surface area contributed by atoms with Gasteiger partial charge in [-0.3, -0.25) is 23.3 Å². The van der Waals surface area contributed by atoms with Crippen LogP contribution in [-0.2, 0) is 17.5 Å². The van der Waals surface area contributed by atoms with Gasteiger partial charge in [-0.25, -0.2) is 4.98 Å². The molecular weight excluding hydrogens is 635 g/mol. The fourth-order valence-electron chi connectivity index (χ4n) is 6.26. The van der Waals surface area contributed by atoms with Gasteiger partial charge in [0.25, 0.3) is 0 Å². The molecule has 11 nitrogen and oxygen atoms in total. The van der Waals surface area contributed by atoms with Gasteiger partial charge in [0.15, 0.2) is 11.5 Å². The molecule has 0 bridgehead atoms. The Morgan fingerprint density at radius 3 is 2.69 bits per heavy atom. The molecular formula is C29H31ClF3N7O4S. The van der Waals surface area contributed by atoms with E-state index in [1.807, 2.05) is 6.92 Å². The van der Waals surface area contributed by atoms with E-state index >= 15 is 0 Å². The minimum atomic E-state index is -4.72. The summed E-state index contributed by atoms with van der Waals surface area (Å²) in [4.78, 5) is 23.7. The third-order valence-corrected chi connectivity index (χ3v) is 10.6. The first kappa shape index (κ1) is 31.5. The van der Waals surface area contributed by atoms with Crippen LogP contribution in [0.3, 0.4) is 0 Å². The summed E-state index contributed by atoms with van der Waals surface area (Å²) in [6.07, 6.45) is 0.345. The van der Waals surface area contributed by atoms with E-state index in [1.165, 1.54) is 24.5 Å². The van der Waals surface area contributed by atoms with Crippen LogP contribution in [0.2, 0.25) is 5.02 Å². The number of aryl methyl sites for hydroxylation is 2. The number of nitrogens with zero attached hydrogens (tertiary/aromatic N) is 7. The number of carbonyl (C=O) groups is 1. The van der Waals surface area contributed by atoms with Gasteiger partial charge in [-0.15, -0.1) is 21.0 Å². The average molecular weight is 666 g/mol. The summed E-state index contributed by atoms with van der Waals surface area (Å²) in [6.45, 7) is 4.48.